The Kier molecular flexibility index (Phi) is 5.62. The van der Waals surface area contributed by atoms with Gasteiger partial charge in [0.25, 0.3) is 0 Å². The molecule has 0 spiro atoms. The second-order valence-electron chi connectivity index (χ2n) is 5.96. The third-order valence-corrected chi connectivity index (χ3v) is 4.51. The number of hydrogen-bond donors (Lipinski definition) is 1. The van der Waals surface area contributed by atoms with Gasteiger partial charge in [-0.1, -0.05) is 18.2 Å². The number of para-hydroxylation sites is 1. The molecule has 0 unspecified atom stereocenters. The van der Waals surface area contributed by atoms with Crippen LogP contribution in [0.2, 0.25) is 0 Å². The second-order valence-corrected chi connectivity index (χ2v) is 5.96. The van der Waals surface area contributed by atoms with Crippen molar-refractivity contribution in [1.82, 2.24) is 4.90 Å². The number of benzene rings is 1. The number of methoxy groups -OCH3 is 1. The summed E-state index contributed by atoms with van der Waals surface area (Å²) in [4.78, 5) is 14.4. The van der Waals surface area contributed by atoms with Crippen LogP contribution in [0.3, 0.4) is 0 Å². The van der Waals surface area contributed by atoms with Gasteiger partial charge in [0.05, 0.1) is 7.11 Å². The molecule has 2 N–H and O–H groups in total. The molecule has 0 aliphatic heterocycles. The Morgan fingerprint density at radius 1 is 1.29 bits per heavy atom. The molecule has 2 rings (SSSR count). The molecule has 0 aromatic heterocycles. The van der Waals surface area contributed by atoms with Gasteiger partial charge >= 0.3 is 0 Å². The van der Waals surface area contributed by atoms with E-state index < -0.39 is 0 Å². The molecule has 4 heteroatoms. The molecule has 1 aliphatic rings. The first-order chi connectivity index (χ1) is 10.2. The minimum atomic E-state index is 0.160. The van der Waals surface area contributed by atoms with E-state index in [4.69, 9.17) is 10.5 Å². The van der Waals surface area contributed by atoms with Crippen LogP contribution in [-0.4, -0.2) is 31.5 Å². The minimum absolute atomic E-state index is 0.160. The van der Waals surface area contributed by atoms with Gasteiger partial charge in [-0.05, 0) is 44.2 Å². The average molecular weight is 290 g/mol. The molecule has 0 saturated heterocycles. The SMILES string of the molecule is COc1ccccc1CN(C)C(=O)C1CCC(CN)CC1. The van der Waals surface area contributed by atoms with Crippen LogP contribution in [-0.2, 0) is 11.3 Å². The Hall–Kier alpha value is -1.55. The predicted molar refractivity (Wildman–Crippen MR) is 84.0 cm³/mol. The standard InChI is InChI=1S/C17H26N2O2/c1-19(12-15-5-3-4-6-16(15)21-2)17(20)14-9-7-13(11-18)8-10-14/h3-6,13-14H,7-12,18H2,1-2H3. The van der Waals surface area contributed by atoms with Crippen LogP contribution in [0.5, 0.6) is 5.75 Å². The summed E-state index contributed by atoms with van der Waals surface area (Å²) in [5.74, 6) is 1.85. The maximum absolute atomic E-state index is 12.6. The van der Waals surface area contributed by atoms with Gasteiger partial charge in [0, 0.05) is 25.1 Å². The molecule has 0 radical (unpaired) electrons. The topological polar surface area (TPSA) is 55.6 Å². The molecule has 4 nitrogen and oxygen atoms in total. The summed E-state index contributed by atoms with van der Waals surface area (Å²) in [5.41, 5.74) is 6.76. The molecular weight excluding hydrogens is 264 g/mol. The second kappa shape index (κ2) is 7.46. The molecule has 0 atom stereocenters. The van der Waals surface area contributed by atoms with E-state index in [1.165, 1.54) is 0 Å². The fraction of sp³-hybridized carbons (Fsp3) is 0.588. The maximum atomic E-state index is 12.6. The number of ether oxygens (including phenoxy) is 1. The molecule has 0 heterocycles. The van der Waals surface area contributed by atoms with Crippen molar-refractivity contribution in [3.63, 3.8) is 0 Å². The highest BCUT2D eigenvalue weighted by Gasteiger charge is 2.27. The maximum Gasteiger partial charge on any atom is 0.225 e. The lowest BCUT2D eigenvalue weighted by Gasteiger charge is -2.30. The minimum Gasteiger partial charge on any atom is -0.496 e. The summed E-state index contributed by atoms with van der Waals surface area (Å²) in [6.45, 7) is 1.34. The molecule has 1 aliphatic carbocycles. The van der Waals surface area contributed by atoms with Gasteiger partial charge in [-0.2, -0.15) is 0 Å². The van der Waals surface area contributed by atoms with Gasteiger partial charge in [0.15, 0.2) is 0 Å². The molecule has 1 fully saturated rings. The lowest BCUT2D eigenvalue weighted by atomic mass is 9.81. The number of amides is 1. The smallest absolute Gasteiger partial charge is 0.225 e. The lowest BCUT2D eigenvalue weighted by molar-refractivity contribution is -0.136. The summed E-state index contributed by atoms with van der Waals surface area (Å²) >= 11 is 0. The van der Waals surface area contributed by atoms with Crippen LogP contribution in [0.25, 0.3) is 0 Å². The van der Waals surface area contributed by atoms with Crippen molar-refractivity contribution in [2.75, 3.05) is 20.7 Å². The number of nitrogens with two attached hydrogens (primary N) is 1. The molecular formula is C17H26N2O2. The van der Waals surface area contributed by atoms with Crippen LogP contribution in [0.15, 0.2) is 24.3 Å². The molecule has 1 aromatic carbocycles. The first kappa shape index (κ1) is 15.8. The van der Waals surface area contributed by atoms with E-state index in [9.17, 15) is 4.79 Å². The third kappa shape index (κ3) is 3.97. The van der Waals surface area contributed by atoms with E-state index in [1.807, 2.05) is 36.2 Å². The zero-order valence-electron chi connectivity index (χ0n) is 13.0. The van der Waals surface area contributed by atoms with Gasteiger partial charge < -0.3 is 15.4 Å². The summed E-state index contributed by atoms with van der Waals surface area (Å²) in [7, 11) is 3.54. The monoisotopic (exact) mass is 290 g/mol. The van der Waals surface area contributed by atoms with Gasteiger partial charge in [-0.15, -0.1) is 0 Å². The lowest BCUT2D eigenvalue weighted by Crippen LogP contribution is -2.35. The van der Waals surface area contributed by atoms with Crippen LogP contribution in [0.4, 0.5) is 0 Å². The van der Waals surface area contributed by atoms with Gasteiger partial charge in [-0.25, -0.2) is 0 Å². The highest BCUT2D eigenvalue weighted by atomic mass is 16.5. The summed E-state index contributed by atoms with van der Waals surface area (Å²) in [5, 5.41) is 0. The number of rotatable bonds is 5. The molecule has 1 saturated carbocycles. The van der Waals surface area contributed by atoms with Crippen molar-refractivity contribution in [3.8, 4) is 5.75 Å². The molecule has 21 heavy (non-hydrogen) atoms. The van der Waals surface area contributed by atoms with Crippen molar-refractivity contribution in [2.24, 2.45) is 17.6 Å². The van der Waals surface area contributed by atoms with E-state index in [-0.39, 0.29) is 11.8 Å². The summed E-state index contributed by atoms with van der Waals surface area (Å²) < 4.78 is 5.35. The third-order valence-electron chi connectivity index (χ3n) is 4.51. The Labute approximate surface area is 127 Å². The number of carbonyl (C=O) groups is 1. The van der Waals surface area contributed by atoms with E-state index in [0.717, 1.165) is 43.5 Å². The first-order valence-electron chi connectivity index (χ1n) is 7.72. The zero-order valence-corrected chi connectivity index (χ0v) is 13.0. The van der Waals surface area contributed by atoms with E-state index >= 15 is 0 Å². The largest absolute Gasteiger partial charge is 0.496 e. The predicted octanol–water partition coefficient (Wildman–Crippen LogP) is 2.42. The van der Waals surface area contributed by atoms with E-state index in [2.05, 4.69) is 0 Å². The number of nitrogens with zero attached hydrogens (tertiary/aromatic N) is 1. The van der Waals surface area contributed by atoms with E-state index in [0.29, 0.717) is 12.5 Å². The van der Waals surface area contributed by atoms with Crippen LogP contribution < -0.4 is 10.5 Å². The van der Waals surface area contributed by atoms with Crippen molar-refractivity contribution in [2.45, 2.75) is 32.2 Å². The van der Waals surface area contributed by atoms with Crippen LogP contribution >= 0.6 is 0 Å². The fourth-order valence-corrected chi connectivity index (χ4v) is 3.12. The number of hydrogen-bond acceptors (Lipinski definition) is 3. The summed E-state index contributed by atoms with van der Waals surface area (Å²) in [6.07, 6.45) is 4.10. The molecule has 0 bridgehead atoms. The Morgan fingerprint density at radius 2 is 1.95 bits per heavy atom. The number of carbonyl (C=O) groups excluding carboxylic acids is 1. The summed E-state index contributed by atoms with van der Waals surface area (Å²) in [6, 6.07) is 7.86. The van der Waals surface area contributed by atoms with Gasteiger partial charge in [-0.3, -0.25) is 4.79 Å². The quantitative estimate of drug-likeness (QED) is 0.906. The fourth-order valence-electron chi connectivity index (χ4n) is 3.12. The van der Waals surface area contributed by atoms with Crippen molar-refractivity contribution in [3.05, 3.63) is 29.8 Å². The zero-order chi connectivity index (χ0) is 15.2. The van der Waals surface area contributed by atoms with E-state index in [1.54, 1.807) is 7.11 Å². The Morgan fingerprint density at radius 3 is 2.57 bits per heavy atom. The van der Waals surface area contributed by atoms with Crippen molar-refractivity contribution >= 4 is 5.91 Å². The molecule has 1 aromatic rings. The van der Waals surface area contributed by atoms with Gasteiger partial charge in [0.1, 0.15) is 5.75 Å². The first-order valence-corrected chi connectivity index (χ1v) is 7.72. The highest BCUT2D eigenvalue weighted by Crippen LogP contribution is 2.30. The van der Waals surface area contributed by atoms with Crippen LogP contribution in [0, 0.1) is 11.8 Å². The molecule has 1 amide bonds. The molecule has 116 valence electrons. The normalized spacial score (nSPS) is 21.9. The van der Waals surface area contributed by atoms with Gasteiger partial charge in [0.2, 0.25) is 5.91 Å². The van der Waals surface area contributed by atoms with Crippen LogP contribution in [0.1, 0.15) is 31.2 Å². The highest BCUT2D eigenvalue weighted by molar-refractivity contribution is 5.78. The average Bonchev–Trinajstić information content (AvgIpc) is 2.54. The Balaban J connectivity index is 1.94. The Bertz CT molecular complexity index is 468. The van der Waals surface area contributed by atoms with Crippen molar-refractivity contribution < 1.29 is 9.53 Å². The van der Waals surface area contributed by atoms with Crippen molar-refractivity contribution in [1.29, 1.82) is 0 Å².